The first-order valence-corrected chi connectivity index (χ1v) is 13.6. The zero-order valence-corrected chi connectivity index (χ0v) is 22.9. The molecule has 0 aromatic carbocycles. The zero-order valence-electron chi connectivity index (χ0n) is 22.9. The van der Waals surface area contributed by atoms with Gasteiger partial charge in [0.1, 0.15) is 5.78 Å². The minimum absolute atomic E-state index is 0.0594. The molecule has 2 fully saturated rings. The van der Waals surface area contributed by atoms with E-state index in [0.717, 1.165) is 24.8 Å². The number of rotatable bonds is 6. The number of hydrogen-bond acceptors (Lipinski definition) is 3. The van der Waals surface area contributed by atoms with Crippen molar-refractivity contribution in [3.63, 3.8) is 0 Å². The van der Waals surface area contributed by atoms with Crippen LogP contribution in [0, 0.1) is 45.3 Å². The van der Waals surface area contributed by atoms with Gasteiger partial charge in [0.05, 0.1) is 12.0 Å². The molecule has 194 valence electrons. The third-order valence-corrected chi connectivity index (χ3v) is 11.4. The van der Waals surface area contributed by atoms with E-state index in [1.54, 1.807) is 0 Å². The van der Waals surface area contributed by atoms with Crippen molar-refractivity contribution in [2.24, 2.45) is 45.3 Å². The number of carboxylic acids is 1. The quantitative estimate of drug-likeness (QED) is 0.411. The number of Topliss-reactive ketones (excluding diaryl/α,β-unsaturated/α-hetero) is 1. The van der Waals surface area contributed by atoms with E-state index in [1.807, 2.05) is 0 Å². The van der Waals surface area contributed by atoms with Gasteiger partial charge in [-0.25, -0.2) is 0 Å². The van der Waals surface area contributed by atoms with E-state index < -0.39 is 18.0 Å². The highest BCUT2D eigenvalue weighted by Crippen LogP contribution is 2.71. The van der Waals surface area contributed by atoms with Gasteiger partial charge in [-0.05, 0) is 72.3 Å². The van der Waals surface area contributed by atoms with Gasteiger partial charge < -0.3 is 10.2 Å². The van der Waals surface area contributed by atoms with Gasteiger partial charge in [-0.2, -0.15) is 0 Å². The molecule has 2 N–H and O–H groups in total. The van der Waals surface area contributed by atoms with Gasteiger partial charge in [0.15, 0.2) is 0 Å². The molecule has 0 bridgehead atoms. The average Bonchev–Trinajstić information content (AvgIpc) is 2.97. The Bertz CT molecular complexity index is 999. The van der Waals surface area contributed by atoms with Crippen molar-refractivity contribution in [3.05, 3.63) is 35.5 Å². The molecule has 4 rings (SSSR count). The summed E-state index contributed by atoms with van der Waals surface area (Å²) in [7, 11) is 0. The number of ketones is 1. The number of allylic oxidation sites excluding steroid dienone is 5. The molecule has 4 nitrogen and oxygen atoms in total. The molecule has 0 aromatic heterocycles. The maximum absolute atomic E-state index is 12.8. The number of aliphatic hydroxyl groups excluding tert-OH is 1. The lowest BCUT2D eigenvalue weighted by atomic mass is 9.44. The SMILES string of the molecule is C=C(CC[C@H](C(=O)O)[C@H]1[C@H](O)C[C@@]2(C)C3=CCC4C(C)(C)C(=O)CC[C@]4(C)C3=CC[C@]12C)C(C)C. The lowest BCUT2D eigenvalue weighted by Crippen LogP contribution is -2.53. The molecule has 2 saturated carbocycles. The number of fused-ring (bicyclic) bond motifs is 5. The number of carbonyl (C=O) groups is 2. The van der Waals surface area contributed by atoms with Crippen molar-refractivity contribution in [3.8, 4) is 0 Å². The average molecular weight is 483 g/mol. The zero-order chi connectivity index (χ0) is 26.1. The van der Waals surface area contributed by atoms with Gasteiger partial charge >= 0.3 is 5.97 Å². The molecule has 0 radical (unpaired) electrons. The highest BCUT2D eigenvalue weighted by Gasteiger charge is 2.66. The van der Waals surface area contributed by atoms with Gasteiger partial charge in [0, 0.05) is 23.2 Å². The van der Waals surface area contributed by atoms with Gasteiger partial charge in [-0.3, -0.25) is 9.59 Å². The van der Waals surface area contributed by atoms with E-state index >= 15 is 0 Å². The normalized spacial score (nSPS) is 40.8. The Labute approximate surface area is 212 Å². The Morgan fingerprint density at radius 2 is 1.80 bits per heavy atom. The van der Waals surface area contributed by atoms with E-state index in [9.17, 15) is 19.8 Å². The molecular formula is C31H46O4. The molecule has 1 unspecified atom stereocenters. The molecule has 0 aromatic rings. The standard InChI is InChI=1S/C31H46O4/c1-18(2)19(3)9-10-20(27(34)35)26-23(32)17-31(8)22-11-12-24-28(4,5)25(33)14-15-29(24,6)21(22)13-16-30(26,31)7/h11,13,18,20,23-24,26,32H,3,9-10,12,14-17H2,1-2,4-8H3,(H,34,35)/t20-,23+,24?,26-,29+,30+,31-/m0/s1. The summed E-state index contributed by atoms with van der Waals surface area (Å²) in [5.74, 6) is -0.739. The molecule has 0 aliphatic heterocycles. The second kappa shape index (κ2) is 8.43. The van der Waals surface area contributed by atoms with Crippen LogP contribution in [-0.4, -0.2) is 28.1 Å². The maximum Gasteiger partial charge on any atom is 0.306 e. The summed E-state index contributed by atoms with van der Waals surface area (Å²) in [5, 5.41) is 21.8. The summed E-state index contributed by atoms with van der Waals surface area (Å²) in [6.45, 7) is 19.4. The first-order valence-electron chi connectivity index (χ1n) is 13.6. The van der Waals surface area contributed by atoms with Crippen LogP contribution in [0.4, 0.5) is 0 Å². The van der Waals surface area contributed by atoms with E-state index in [0.29, 0.717) is 37.4 Å². The van der Waals surface area contributed by atoms with Crippen molar-refractivity contribution in [1.29, 1.82) is 0 Å². The van der Waals surface area contributed by atoms with E-state index in [2.05, 4.69) is 67.2 Å². The Balaban J connectivity index is 1.73. The second-order valence-electron chi connectivity index (χ2n) is 13.6. The summed E-state index contributed by atoms with van der Waals surface area (Å²) in [6, 6.07) is 0. The molecular weight excluding hydrogens is 436 g/mol. The lowest BCUT2D eigenvalue weighted by Gasteiger charge is -2.59. The summed E-state index contributed by atoms with van der Waals surface area (Å²) >= 11 is 0. The van der Waals surface area contributed by atoms with Gasteiger partial charge in [-0.15, -0.1) is 0 Å². The van der Waals surface area contributed by atoms with E-state index in [1.165, 1.54) is 11.1 Å². The molecule has 4 aliphatic carbocycles. The smallest absolute Gasteiger partial charge is 0.306 e. The van der Waals surface area contributed by atoms with Crippen LogP contribution in [0.2, 0.25) is 0 Å². The monoisotopic (exact) mass is 482 g/mol. The first-order chi connectivity index (χ1) is 16.1. The van der Waals surface area contributed by atoms with Crippen molar-refractivity contribution in [2.75, 3.05) is 0 Å². The van der Waals surface area contributed by atoms with Crippen LogP contribution in [0.5, 0.6) is 0 Å². The molecule has 4 heteroatoms. The highest BCUT2D eigenvalue weighted by atomic mass is 16.4. The lowest BCUT2D eigenvalue weighted by molar-refractivity contribution is -0.148. The molecule has 0 spiro atoms. The van der Waals surface area contributed by atoms with Crippen molar-refractivity contribution in [2.45, 2.75) is 99.5 Å². The third kappa shape index (κ3) is 3.64. The largest absolute Gasteiger partial charge is 0.481 e. The molecule has 0 heterocycles. The number of hydrogen-bond donors (Lipinski definition) is 2. The molecule has 0 amide bonds. The van der Waals surface area contributed by atoms with Crippen LogP contribution >= 0.6 is 0 Å². The van der Waals surface area contributed by atoms with Crippen LogP contribution in [0.15, 0.2) is 35.5 Å². The number of carboxylic acid groups (broad SMARTS) is 1. The molecule has 4 aliphatic rings. The van der Waals surface area contributed by atoms with Crippen LogP contribution in [-0.2, 0) is 9.59 Å². The highest BCUT2D eigenvalue weighted by molar-refractivity contribution is 5.86. The number of carbonyl (C=O) groups excluding carboxylic acids is 1. The topological polar surface area (TPSA) is 74.6 Å². The van der Waals surface area contributed by atoms with Crippen LogP contribution in [0.25, 0.3) is 0 Å². The molecule has 35 heavy (non-hydrogen) atoms. The summed E-state index contributed by atoms with van der Waals surface area (Å²) in [6.07, 6.45) is 8.97. The molecule has 7 atom stereocenters. The number of aliphatic carboxylic acids is 1. The Morgan fingerprint density at radius 3 is 2.40 bits per heavy atom. The fourth-order valence-corrected chi connectivity index (χ4v) is 8.72. The number of aliphatic hydroxyl groups is 1. The maximum atomic E-state index is 12.8. The minimum atomic E-state index is -0.803. The van der Waals surface area contributed by atoms with Crippen molar-refractivity contribution < 1.29 is 19.8 Å². The summed E-state index contributed by atoms with van der Waals surface area (Å²) in [4.78, 5) is 25.4. The van der Waals surface area contributed by atoms with Crippen LogP contribution < -0.4 is 0 Å². The third-order valence-electron chi connectivity index (χ3n) is 11.4. The predicted molar refractivity (Wildman–Crippen MR) is 140 cm³/mol. The fraction of sp³-hybridized carbons (Fsp3) is 0.742. The minimum Gasteiger partial charge on any atom is -0.481 e. The Morgan fingerprint density at radius 1 is 1.14 bits per heavy atom. The molecule has 0 saturated heterocycles. The van der Waals surface area contributed by atoms with Gasteiger partial charge in [0.25, 0.3) is 0 Å². The van der Waals surface area contributed by atoms with Gasteiger partial charge in [0.2, 0.25) is 0 Å². The Hall–Kier alpha value is -1.68. The second-order valence-corrected chi connectivity index (χ2v) is 13.6. The summed E-state index contributed by atoms with van der Waals surface area (Å²) < 4.78 is 0. The Kier molecular flexibility index (Phi) is 6.36. The van der Waals surface area contributed by atoms with Crippen molar-refractivity contribution in [1.82, 2.24) is 0 Å². The summed E-state index contributed by atoms with van der Waals surface area (Å²) in [5.41, 5.74) is 2.72. The van der Waals surface area contributed by atoms with Crippen LogP contribution in [0.3, 0.4) is 0 Å². The first kappa shape index (κ1) is 26.4. The van der Waals surface area contributed by atoms with Crippen molar-refractivity contribution >= 4 is 11.8 Å². The predicted octanol–water partition coefficient (Wildman–Crippen LogP) is 6.74. The van der Waals surface area contributed by atoms with Gasteiger partial charge in [-0.1, -0.05) is 72.8 Å². The van der Waals surface area contributed by atoms with Crippen LogP contribution in [0.1, 0.15) is 93.4 Å². The van der Waals surface area contributed by atoms with E-state index in [4.69, 9.17) is 0 Å². The van der Waals surface area contributed by atoms with E-state index in [-0.39, 0.29) is 33.5 Å². The fourth-order valence-electron chi connectivity index (χ4n) is 8.72.